The predicted octanol–water partition coefficient (Wildman–Crippen LogP) is 6.68. The molecule has 2 saturated carbocycles. The molecule has 3 amide bonds. The van der Waals surface area contributed by atoms with Crippen molar-refractivity contribution in [2.24, 2.45) is 17.3 Å². The van der Waals surface area contributed by atoms with E-state index in [-0.39, 0.29) is 40.1 Å². The van der Waals surface area contributed by atoms with Crippen LogP contribution in [0.3, 0.4) is 0 Å². The highest BCUT2D eigenvalue weighted by molar-refractivity contribution is 6.74. The van der Waals surface area contributed by atoms with Gasteiger partial charge in [-0.25, -0.2) is 9.59 Å². The molecule has 9 heteroatoms. The van der Waals surface area contributed by atoms with Crippen LogP contribution in [-0.2, 0) is 16.6 Å². The number of carbonyl (C=O) groups is 2. The van der Waals surface area contributed by atoms with Crippen LogP contribution in [0.4, 0.5) is 9.59 Å². The minimum Gasteiger partial charge on any atom is -0.543 e. The van der Waals surface area contributed by atoms with Gasteiger partial charge in [0.25, 0.3) is 0 Å². The lowest BCUT2D eigenvalue weighted by atomic mass is 9.43. The Morgan fingerprint density at radius 1 is 1.11 bits per heavy atom. The minimum atomic E-state index is -2.01. The zero-order valence-electron chi connectivity index (χ0n) is 29.5. The van der Waals surface area contributed by atoms with Crippen molar-refractivity contribution in [2.45, 2.75) is 135 Å². The quantitative estimate of drug-likeness (QED) is 0.340. The Labute approximate surface area is 272 Å². The number of piperidine rings is 1. The van der Waals surface area contributed by atoms with Crippen molar-refractivity contribution in [3.05, 3.63) is 29.3 Å². The molecular formula is C36H58N4O4Si. The van der Waals surface area contributed by atoms with Gasteiger partial charge in [-0.3, -0.25) is 4.90 Å². The van der Waals surface area contributed by atoms with Gasteiger partial charge in [0.1, 0.15) is 11.4 Å². The molecule has 1 aromatic rings. The second kappa shape index (κ2) is 10.9. The maximum atomic E-state index is 13.5. The molecule has 0 radical (unpaired) electrons. The second-order valence-corrected chi connectivity index (χ2v) is 22.3. The summed E-state index contributed by atoms with van der Waals surface area (Å²) in [5.41, 5.74) is 2.67. The number of fused-ring (bicyclic) bond motifs is 1. The summed E-state index contributed by atoms with van der Waals surface area (Å²) < 4.78 is 12.5. The minimum absolute atomic E-state index is 0.0353. The number of alkyl carbamates (subject to hydrolysis) is 1. The maximum Gasteiger partial charge on any atom is 0.407 e. The molecule has 2 saturated heterocycles. The molecule has 4 fully saturated rings. The molecule has 5 aliphatic rings. The van der Waals surface area contributed by atoms with Gasteiger partial charge < -0.3 is 24.7 Å². The van der Waals surface area contributed by atoms with E-state index in [4.69, 9.17) is 9.16 Å². The lowest BCUT2D eigenvalue weighted by molar-refractivity contribution is -0.0996. The third-order valence-electron chi connectivity index (χ3n) is 12.5. The molecule has 250 valence electrons. The average molecular weight is 639 g/mol. The number of likely N-dealkylation sites (tertiary alicyclic amines) is 2. The Morgan fingerprint density at radius 2 is 1.84 bits per heavy atom. The van der Waals surface area contributed by atoms with E-state index in [0.717, 1.165) is 51.1 Å². The SMILES string of the molecule is CC(C)NC(=O)N1C[C@H]2CC34CCC1C2C31CCN(CCNC(=O)OC(C)(C)C)C4Cc2ccc(O[Si](C)(C)C(C)(C)C)cc21. The molecule has 5 unspecified atom stereocenters. The first-order valence-corrected chi connectivity index (χ1v) is 20.4. The first kappa shape index (κ1) is 32.7. The topological polar surface area (TPSA) is 83.1 Å². The van der Waals surface area contributed by atoms with Gasteiger partial charge >= 0.3 is 12.1 Å². The number of ether oxygens (including phenoxy) is 1. The third-order valence-corrected chi connectivity index (χ3v) is 16.8. The Balaban J connectivity index is 1.35. The molecule has 6 atom stereocenters. The van der Waals surface area contributed by atoms with Crippen LogP contribution in [0, 0.1) is 17.3 Å². The molecule has 1 aromatic carbocycles. The number of rotatable bonds is 6. The van der Waals surface area contributed by atoms with Gasteiger partial charge in [0.15, 0.2) is 0 Å². The van der Waals surface area contributed by atoms with Gasteiger partial charge in [-0.15, -0.1) is 0 Å². The first-order chi connectivity index (χ1) is 20.9. The standard InChI is InChI=1S/C36H58N4O4Si/c1-23(2)38-31(41)40-22-25-21-35-14-13-28(40)30(25)36(35)15-17-39(18-16-37-32(42)43-33(3,4)5)29(35)19-24-11-12-26(20-27(24)36)44-45(9,10)34(6,7)8/h11-12,20,23,25,28-30H,13-19,21-22H2,1-10H3,(H,37,42)(H,38,41)/t25-,28?,29?,30?,35?,36?/m1/s1. The first-order valence-electron chi connectivity index (χ1n) is 17.5. The van der Waals surface area contributed by atoms with E-state index in [1.807, 2.05) is 20.8 Å². The van der Waals surface area contributed by atoms with E-state index >= 15 is 0 Å². The van der Waals surface area contributed by atoms with Crippen molar-refractivity contribution in [3.63, 3.8) is 0 Å². The Kier molecular flexibility index (Phi) is 7.91. The Hall–Kier alpha value is -2.26. The zero-order chi connectivity index (χ0) is 32.7. The van der Waals surface area contributed by atoms with Gasteiger partial charge in [0, 0.05) is 43.2 Å². The fraction of sp³-hybridized carbons (Fsp3) is 0.778. The average Bonchev–Trinajstić information content (AvgIpc) is 3.34. The van der Waals surface area contributed by atoms with Crippen LogP contribution >= 0.6 is 0 Å². The Bertz CT molecular complexity index is 1340. The van der Waals surface area contributed by atoms with E-state index in [1.165, 1.54) is 17.5 Å². The highest BCUT2D eigenvalue weighted by Crippen LogP contribution is 2.75. The molecule has 0 aromatic heterocycles. The largest absolute Gasteiger partial charge is 0.543 e. The van der Waals surface area contributed by atoms with Gasteiger partial charge in [0.2, 0.25) is 8.32 Å². The summed E-state index contributed by atoms with van der Waals surface area (Å²) in [6.07, 6.45) is 5.17. The van der Waals surface area contributed by atoms with Crippen LogP contribution < -0.4 is 15.1 Å². The smallest absolute Gasteiger partial charge is 0.407 e. The molecule has 8 nitrogen and oxygen atoms in total. The van der Waals surface area contributed by atoms with Crippen LogP contribution in [0.2, 0.25) is 18.1 Å². The lowest BCUT2D eigenvalue weighted by Gasteiger charge is -2.66. The van der Waals surface area contributed by atoms with Crippen molar-refractivity contribution >= 4 is 20.4 Å². The summed E-state index contributed by atoms with van der Waals surface area (Å²) in [7, 11) is -2.01. The molecule has 45 heavy (non-hydrogen) atoms. The molecule has 2 aliphatic heterocycles. The normalized spacial score (nSPS) is 32.2. The monoisotopic (exact) mass is 638 g/mol. The van der Waals surface area contributed by atoms with Gasteiger partial charge in [-0.1, -0.05) is 26.8 Å². The van der Waals surface area contributed by atoms with Crippen molar-refractivity contribution in [1.29, 1.82) is 0 Å². The van der Waals surface area contributed by atoms with Crippen LogP contribution in [-0.4, -0.2) is 80.1 Å². The summed E-state index contributed by atoms with van der Waals surface area (Å²) in [6, 6.07) is 7.98. The summed E-state index contributed by atoms with van der Waals surface area (Å²) in [6.45, 7) is 24.7. The molecular weight excluding hydrogens is 581 g/mol. The summed E-state index contributed by atoms with van der Waals surface area (Å²) >= 11 is 0. The van der Waals surface area contributed by atoms with E-state index in [9.17, 15) is 9.59 Å². The summed E-state index contributed by atoms with van der Waals surface area (Å²) in [4.78, 5) is 30.9. The van der Waals surface area contributed by atoms with Crippen LogP contribution in [0.5, 0.6) is 5.75 Å². The molecule has 3 aliphatic carbocycles. The van der Waals surface area contributed by atoms with Gasteiger partial charge in [-0.05, 0) is 132 Å². The summed E-state index contributed by atoms with van der Waals surface area (Å²) in [5, 5.41) is 6.37. The highest BCUT2D eigenvalue weighted by Gasteiger charge is 2.76. The van der Waals surface area contributed by atoms with Crippen molar-refractivity contribution in [1.82, 2.24) is 20.4 Å². The van der Waals surface area contributed by atoms with E-state index in [0.29, 0.717) is 24.4 Å². The number of benzene rings is 1. The number of hydrogen-bond acceptors (Lipinski definition) is 5. The molecule has 4 bridgehead atoms. The second-order valence-electron chi connectivity index (χ2n) is 17.6. The van der Waals surface area contributed by atoms with E-state index in [2.05, 4.69) is 86.3 Å². The van der Waals surface area contributed by atoms with E-state index < -0.39 is 13.9 Å². The number of carbonyl (C=O) groups excluding carboxylic acids is 2. The highest BCUT2D eigenvalue weighted by atomic mass is 28.4. The molecule has 0 spiro atoms. The van der Waals surface area contributed by atoms with Gasteiger partial charge in [-0.2, -0.15) is 0 Å². The predicted molar refractivity (Wildman–Crippen MR) is 181 cm³/mol. The number of nitrogens with one attached hydrogen (secondary N) is 2. The number of nitrogens with zero attached hydrogens (tertiary/aromatic N) is 2. The number of hydrogen-bond donors (Lipinski definition) is 2. The lowest BCUT2D eigenvalue weighted by Crippen LogP contribution is -2.70. The molecule has 2 heterocycles. The fourth-order valence-corrected chi connectivity index (χ4v) is 11.1. The van der Waals surface area contributed by atoms with E-state index in [1.54, 1.807) is 0 Å². The maximum absolute atomic E-state index is 13.5. The van der Waals surface area contributed by atoms with Gasteiger partial charge in [0.05, 0.1) is 0 Å². The van der Waals surface area contributed by atoms with Crippen LogP contribution in [0.15, 0.2) is 18.2 Å². The van der Waals surface area contributed by atoms with Crippen molar-refractivity contribution in [2.75, 3.05) is 26.2 Å². The Morgan fingerprint density at radius 3 is 2.51 bits per heavy atom. The molecule has 2 N–H and O–H groups in total. The summed E-state index contributed by atoms with van der Waals surface area (Å²) in [5.74, 6) is 2.00. The van der Waals surface area contributed by atoms with Crippen LogP contribution in [0.25, 0.3) is 0 Å². The number of amides is 3. The van der Waals surface area contributed by atoms with Crippen molar-refractivity contribution < 1.29 is 18.8 Å². The number of urea groups is 1. The fourth-order valence-electron chi connectivity index (χ4n) is 10.0. The third kappa shape index (κ3) is 5.28. The van der Waals surface area contributed by atoms with Crippen LogP contribution in [0.1, 0.15) is 92.2 Å². The molecule has 6 rings (SSSR count). The van der Waals surface area contributed by atoms with Crippen molar-refractivity contribution in [3.8, 4) is 5.75 Å². The zero-order valence-corrected chi connectivity index (χ0v) is 30.5.